The lowest BCUT2D eigenvalue weighted by Crippen LogP contribution is -2.32. The smallest absolute Gasteiger partial charge is 0.271 e. The zero-order valence-corrected chi connectivity index (χ0v) is 12.2. The Morgan fingerprint density at radius 3 is 2.62 bits per heavy atom. The Hall–Kier alpha value is -2.34. The van der Waals surface area contributed by atoms with Crippen LogP contribution in [0.5, 0.6) is 5.75 Å². The molecule has 1 aliphatic heterocycles. The lowest BCUT2D eigenvalue weighted by Gasteiger charge is -2.25. The molecule has 0 aromatic heterocycles. The number of hydrogen-bond donors (Lipinski definition) is 0. The van der Waals surface area contributed by atoms with Crippen LogP contribution in [0.4, 0.5) is 11.4 Å². The van der Waals surface area contributed by atoms with E-state index in [-0.39, 0.29) is 4.90 Å². The lowest BCUT2D eigenvalue weighted by molar-refractivity contribution is 0.341. The van der Waals surface area contributed by atoms with Gasteiger partial charge in [0.05, 0.1) is 12.3 Å². The Bertz CT molecular complexity index is 800. The van der Waals surface area contributed by atoms with Crippen molar-refractivity contribution in [3.05, 3.63) is 48.5 Å². The fourth-order valence-corrected chi connectivity index (χ4v) is 3.60. The van der Waals surface area contributed by atoms with Crippen LogP contribution in [0.2, 0.25) is 0 Å². The Balaban J connectivity index is 2.14. The van der Waals surface area contributed by atoms with Crippen LogP contribution in [0.3, 0.4) is 0 Å². The Morgan fingerprint density at radius 1 is 1.10 bits per heavy atom. The molecule has 0 fully saturated rings. The van der Waals surface area contributed by atoms with Crippen LogP contribution in [0, 0.1) is 0 Å². The standard InChI is InChI=1S/C15H14N2O3S/c1-2-20-14-9-5-4-8-13(14)17-11-16-12-7-3-6-10-15(12)21(17,18)19/h3-11H,2H2,1H3. The first kappa shape index (κ1) is 13.6. The first-order valence-electron chi connectivity index (χ1n) is 6.54. The zero-order valence-electron chi connectivity index (χ0n) is 11.4. The quantitative estimate of drug-likeness (QED) is 0.876. The molecule has 21 heavy (non-hydrogen) atoms. The van der Waals surface area contributed by atoms with Gasteiger partial charge in [-0.25, -0.2) is 17.7 Å². The van der Waals surface area contributed by atoms with Gasteiger partial charge < -0.3 is 4.74 Å². The molecular formula is C15H14N2O3S. The van der Waals surface area contributed by atoms with Crippen molar-refractivity contribution in [3.8, 4) is 5.75 Å². The summed E-state index contributed by atoms with van der Waals surface area (Å²) in [5.74, 6) is 0.509. The maximum Gasteiger partial charge on any atom is 0.271 e. The van der Waals surface area contributed by atoms with Crippen molar-refractivity contribution in [3.63, 3.8) is 0 Å². The van der Waals surface area contributed by atoms with E-state index < -0.39 is 10.0 Å². The van der Waals surface area contributed by atoms with Crippen LogP contribution in [0.15, 0.2) is 58.4 Å². The first-order valence-corrected chi connectivity index (χ1v) is 7.98. The van der Waals surface area contributed by atoms with Crippen LogP contribution in [0.1, 0.15) is 6.92 Å². The van der Waals surface area contributed by atoms with Crippen LogP contribution in [-0.2, 0) is 10.0 Å². The van der Waals surface area contributed by atoms with Crippen molar-refractivity contribution >= 4 is 27.7 Å². The third kappa shape index (κ3) is 2.27. The van der Waals surface area contributed by atoms with E-state index in [0.29, 0.717) is 23.7 Å². The largest absolute Gasteiger partial charge is 0.492 e. The van der Waals surface area contributed by atoms with Gasteiger partial charge in [0.15, 0.2) is 0 Å². The summed E-state index contributed by atoms with van der Waals surface area (Å²) >= 11 is 0. The molecule has 0 atom stereocenters. The summed E-state index contributed by atoms with van der Waals surface area (Å²) in [6.45, 7) is 2.31. The van der Waals surface area contributed by atoms with Gasteiger partial charge in [-0.15, -0.1) is 0 Å². The minimum absolute atomic E-state index is 0.193. The highest BCUT2D eigenvalue weighted by Crippen LogP contribution is 2.36. The molecular weight excluding hydrogens is 288 g/mol. The normalized spacial score (nSPS) is 15.6. The highest BCUT2D eigenvalue weighted by atomic mass is 32.2. The minimum atomic E-state index is -3.67. The van der Waals surface area contributed by atoms with Crippen LogP contribution in [0.25, 0.3) is 0 Å². The van der Waals surface area contributed by atoms with E-state index in [1.54, 1.807) is 48.5 Å². The first-order chi connectivity index (χ1) is 10.1. The SMILES string of the molecule is CCOc1ccccc1N1C=Nc2ccccc2S1(=O)=O. The van der Waals surface area contributed by atoms with E-state index in [1.807, 2.05) is 6.92 Å². The molecule has 2 aromatic carbocycles. The van der Waals surface area contributed by atoms with E-state index in [2.05, 4.69) is 4.99 Å². The van der Waals surface area contributed by atoms with E-state index in [1.165, 1.54) is 6.34 Å². The molecule has 0 aliphatic carbocycles. The molecule has 6 heteroatoms. The average Bonchev–Trinajstić information content (AvgIpc) is 2.49. The number of benzene rings is 2. The third-order valence-electron chi connectivity index (χ3n) is 3.11. The van der Waals surface area contributed by atoms with E-state index in [0.717, 1.165) is 4.31 Å². The molecule has 2 aromatic rings. The number of sulfonamides is 1. The topological polar surface area (TPSA) is 59.0 Å². The number of hydrogen-bond acceptors (Lipinski definition) is 4. The fourth-order valence-electron chi connectivity index (χ4n) is 2.17. The molecule has 1 aliphatic rings. The second-order valence-electron chi connectivity index (χ2n) is 4.41. The lowest BCUT2D eigenvalue weighted by atomic mass is 10.3. The molecule has 108 valence electrons. The van der Waals surface area contributed by atoms with Crippen LogP contribution < -0.4 is 9.04 Å². The summed E-state index contributed by atoms with van der Waals surface area (Å²) in [6, 6.07) is 13.7. The number of aliphatic imine (C=N–C) groups is 1. The molecule has 0 radical (unpaired) electrons. The molecule has 0 saturated carbocycles. The summed E-state index contributed by atoms with van der Waals surface area (Å²) in [6.07, 6.45) is 1.32. The average molecular weight is 302 g/mol. The van der Waals surface area contributed by atoms with Crippen molar-refractivity contribution in [2.75, 3.05) is 10.9 Å². The molecule has 1 heterocycles. The zero-order chi connectivity index (χ0) is 14.9. The fraction of sp³-hybridized carbons (Fsp3) is 0.133. The van der Waals surface area contributed by atoms with E-state index in [9.17, 15) is 8.42 Å². The Morgan fingerprint density at radius 2 is 1.81 bits per heavy atom. The highest BCUT2D eigenvalue weighted by Gasteiger charge is 2.31. The van der Waals surface area contributed by atoms with Gasteiger partial charge in [0.1, 0.15) is 22.7 Å². The number of fused-ring (bicyclic) bond motifs is 1. The number of nitrogens with zero attached hydrogens (tertiary/aromatic N) is 2. The predicted molar refractivity (Wildman–Crippen MR) is 81.9 cm³/mol. The molecule has 0 saturated heterocycles. The summed E-state index contributed by atoms with van der Waals surface area (Å²) in [7, 11) is -3.67. The maximum atomic E-state index is 12.7. The van der Waals surface area contributed by atoms with E-state index in [4.69, 9.17) is 4.74 Å². The molecule has 0 bridgehead atoms. The molecule has 0 amide bonds. The molecule has 5 nitrogen and oxygen atoms in total. The van der Waals surface area contributed by atoms with Crippen molar-refractivity contribution in [1.82, 2.24) is 0 Å². The van der Waals surface area contributed by atoms with Gasteiger partial charge in [-0.1, -0.05) is 24.3 Å². The van der Waals surface area contributed by atoms with Gasteiger partial charge in [0.2, 0.25) is 0 Å². The highest BCUT2D eigenvalue weighted by molar-refractivity contribution is 7.93. The van der Waals surface area contributed by atoms with Crippen molar-refractivity contribution in [2.24, 2.45) is 4.99 Å². The predicted octanol–water partition coefficient (Wildman–Crippen LogP) is 2.95. The Labute approximate surface area is 123 Å². The molecule has 0 spiro atoms. The second-order valence-corrected chi connectivity index (χ2v) is 6.20. The van der Waals surface area contributed by atoms with Crippen LogP contribution in [-0.4, -0.2) is 21.4 Å². The van der Waals surface area contributed by atoms with Crippen molar-refractivity contribution < 1.29 is 13.2 Å². The van der Waals surface area contributed by atoms with Gasteiger partial charge in [-0.2, -0.15) is 0 Å². The van der Waals surface area contributed by atoms with Crippen molar-refractivity contribution in [2.45, 2.75) is 11.8 Å². The number of rotatable bonds is 3. The van der Waals surface area contributed by atoms with Gasteiger partial charge >= 0.3 is 0 Å². The van der Waals surface area contributed by atoms with Gasteiger partial charge in [0, 0.05) is 0 Å². The van der Waals surface area contributed by atoms with Gasteiger partial charge in [-0.3, -0.25) is 0 Å². The van der Waals surface area contributed by atoms with Gasteiger partial charge in [-0.05, 0) is 31.2 Å². The maximum absolute atomic E-state index is 12.7. The monoisotopic (exact) mass is 302 g/mol. The third-order valence-corrected chi connectivity index (χ3v) is 4.82. The molecule has 0 unspecified atom stereocenters. The van der Waals surface area contributed by atoms with Crippen molar-refractivity contribution in [1.29, 1.82) is 0 Å². The van der Waals surface area contributed by atoms with E-state index >= 15 is 0 Å². The summed E-state index contributed by atoms with van der Waals surface area (Å²) in [4.78, 5) is 4.41. The minimum Gasteiger partial charge on any atom is -0.492 e. The summed E-state index contributed by atoms with van der Waals surface area (Å²) < 4.78 is 32.1. The van der Waals surface area contributed by atoms with Crippen LogP contribution >= 0.6 is 0 Å². The summed E-state index contributed by atoms with van der Waals surface area (Å²) in [5, 5.41) is 0. The second kappa shape index (κ2) is 5.21. The Kier molecular flexibility index (Phi) is 3.39. The number of ether oxygens (including phenoxy) is 1. The molecule has 3 rings (SSSR count). The number of para-hydroxylation sites is 3. The summed E-state index contributed by atoms with van der Waals surface area (Å²) in [5.41, 5.74) is 0.903. The van der Waals surface area contributed by atoms with Gasteiger partial charge in [0.25, 0.3) is 10.0 Å². The number of anilines is 1. The molecule has 0 N–H and O–H groups in total.